The molecule has 0 bridgehead atoms. The second-order valence-electron chi connectivity index (χ2n) is 3.77. The van der Waals surface area contributed by atoms with Crippen LogP contribution in [0.15, 0.2) is 10.7 Å². The second kappa shape index (κ2) is 3.30. The van der Waals surface area contributed by atoms with Gasteiger partial charge in [-0.05, 0) is 12.8 Å². The number of aromatic nitrogens is 1. The van der Waals surface area contributed by atoms with Crippen molar-refractivity contribution in [2.45, 2.75) is 46.0 Å². The van der Waals surface area contributed by atoms with Gasteiger partial charge in [0.2, 0.25) is 0 Å². The Kier molecular flexibility index (Phi) is 2.55. The third-order valence-electron chi connectivity index (χ3n) is 2.52. The van der Waals surface area contributed by atoms with E-state index in [1.165, 1.54) is 5.56 Å². The van der Waals surface area contributed by atoms with Gasteiger partial charge in [-0.3, -0.25) is 0 Å². The highest BCUT2D eigenvalue weighted by atomic mass is 16.5. The molecule has 0 aliphatic rings. The molecule has 0 saturated heterocycles. The van der Waals surface area contributed by atoms with Crippen LogP contribution in [0.2, 0.25) is 0 Å². The van der Waals surface area contributed by atoms with Crippen LogP contribution in [0.4, 0.5) is 0 Å². The highest BCUT2D eigenvalue weighted by Gasteiger charge is 2.25. The minimum absolute atomic E-state index is 0.127. The maximum Gasteiger partial charge on any atom is 0.145 e. The molecule has 1 aromatic heterocycles. The molecule has 2 heteroatoms. The van der Waals surface area contributed by atoms with Crippen LogP contribution < -0.4 is 0 Å². The molecule has 1 rings (SSSR count). The molecule has 0 aliphatic heterocycles. The van der Waals surface area contributed by atoms with Gasteiger partial charge >= 0.3 is 0 Å². The van der Waals surface area contributed by atoms with E-state index in [1.807, 2.05) is 6.20 Å². The molecule has 1 heterocycles. The van der Waals surface area contributed by atoms with Gasteiger partial charge in [0.1, 0.15) is 5.76 Å². The van der Waals surface area contributed by atoms with Crippen LogP contribution in [0.25, 0.3) is 0 Å². The maximum absolute atomic E-state index is 5.26. The average Bonchev–Trinajstić information content (AvgIpc) is 2.52. The molecule has 0 unspecified atom stereocenters. The maximum atomic E-state index is 5.26. The third kappa shape index (κ3) is 1.52. The van der Waals surface area contributed by atoms with Crippen LogP contribution in [0.5, 0.6) is 0 Å². The summed E-state index contributed by atoms with van der Waals surface area (Å²) in [6, 6.07) is 0. The summed E-state index contributed by atoms with van der Waals surface area (Å²) in [5.74, 6) is 1.05. The Labute approximate surface area is 74.0 Å². The van der Waals surface area contributed by atoms with E-state index in [4.69, 9.17) is 4.52 Å². The van der Waals surface area contributed by atoms with Gasteiger partial charge in [0.05, 0.1) is 6.20 Å². The molecule has 0 spiro atoms. The Bertz CT molecular complexity index is 250. The van der Waals surface area contributed by atoms with E-state index >= 15 is 0 Å². The van der Waals surface area contributed by atoms with E-state index in [1.54, 1.807) is 0 Å². The lowest BCUT2D eigenvalue weighted by Gasteiger charge is -2.19. The molecule has 0 fully saturated rings. The Hall–Kier alpha value is -0.790. The van der Waals surface area contributed by atoms with Crippen molar-refractivity contribution < 1.29 is 4.52 Å². The first-order chi connectivity index (χ1) is 5.61. The zero-order chi connectivity index (χ0) is 9.19. The fourth-order valence-corrected chi connectivity index (χ4v) is 1.23. The molecule has 0 aromatic carbocycles. The van der Waals surface area contributed by atoms with Gasteiger partial charge in [-0.15, -0.1) is 0 Å². The largest absolute Gasteiger partial charge is 0.361 e. The van der Waals surface area contributed by atoms with E-state index in [0.717, 1.165) is 18.6 Å². The van der Waals surface area contributed by atoms with Crippen LogP contribution in [0, 0.1) is 0 Å². The first kappa shape index (κ1) is 9.30. The fourth-order valence-electron chi connectivity index (χ4n) is 1.23. The van der Waals surface area contributed by atoms with Gasteiger partial charge in [0.25, 0.3) is 0 Å². The van der Waals surface area contributed by atoms with Gasteiger partial charge in [0, 0.05) is 11.0 Å². The number of hydrogen-bond acceptors (Lipinski definition) is 2. The first-order valence-corrected chi connectivity index (χ1v) is 4.55. The molecule has 0 atom stereocenters. The average molecular weight is 167 g/mol. The van der Waals surface area contributed by atoms with Crippen LogP contribution in [0.1, 0.15) is 45.4 Å². The third-order valence-corrected chi connectivity index (χ3v) is 2.52. The van der Waals surface area contributed by atoms with E-state index in [-0.39, 0.29) is 5.41 Å². The Morgan fingerprint density at radius 2 is 2.08 bits per heavy atom. The van der Waals surface area contributed by atoms with Gasteiger partial charge < -0.3 is 4.52 Å². The van der Waals surface area contributed by atoms with E-state index in [0.29, 0.717) is 0 Å². The summed E-state index contributed by atoms with van der Waals surface area (Å²) in [6.07, 6.45) is 3.91. The summed E-state index contributed by atoms with van der Waals surface area (Å²) in [6.45, 7) is 8.67. The monoisotopic (exact) mass is 167 g/mol. The predicted molar refractivity (Wildman–Crippen MR) is 49.2 cm³/mol. The summed E-state index contributed by atoms with van der Waals surface area (Å²) in [7, 11) is 0. The Morgan fingerprint density at radius 3 is 2.58 bits per heavy atom. The lowest BCUT2D eigenvalue weighted by Crippen LogP contribution is -2.16. The van der Waals surface area contributed by atoms with Crippen molar-refractivity contribution in [2.24, 2.45) is 0 Å². The summed E-state index contributed by atoms with van der Waals surface area (Å²) in [4.78, 5) is 0. The van der Waals surface area contributed by atoms with Crippen LogP contribution in [0.3, 0.4) is 0 Å². The Morgan fingerprint density at radius 1 is 1.42 bits per heavy atom. The number of rotatable bonds is 3. The Balaban J connectivity index is 3.00. The van der Waals surface area contributed by atoms with Crippen molar-refractivity contribution in [3.05, 3.63) is 17.5 Å². The highest BCUT2D eigenvalue weighted by Crippen LogP contribution is 2.29. The lowest BCUT2D eigenvalue weighted by atomic mass is 9.85. The van der Waals surface area contributed by atoms with Crippen LogP contribution in [-0.2, 0) is 11.8 Å². The van der Waals surface area contributed by atoms with Crippen molar-refractivity contribution >= 4 is 0 Å². The molecule has 0 saturated carbocycles. The van der Waals surface area contributed by atoms with E-state index in [2.05, 4.69) is 32.9 Å². The molecule has 2 nitrogen and oxygen atoms in total. The van der Waals surface area contributed by atoms with Crippen LogP contribution in [-0.4, -0.2) is 5.16 Å². The van der Waals surface area contributed by atoms with Gasteiger partial charge in [-0.25, -0.2) is 0 Å². The summed E-state index contributed by atoms with van der Waals surface area (Å²) in [5.41, 5.74) is 1.36. The van der Waals surface area contributed by atoms with Crippen molar-refractivity contribution in [3.63, 3.8) is 0 Å². The standard InChI is InChI=1S/C10H17NO/c1-5-8-7-11-12-9(8)10(3,4)6-2/h7H,5-6H2,1-4H3. The molecule has 68 valence electrons. The molecular formula is C10H17NO. The molecule has 0 N–H and O–H groups in total. The van der Waals surface area contributed by atoms with Crippen molar-refractivity contribution in [1.29, 1.82) is 0 Å². The van der Waals surface area contributed by atoms with E-state index < -0.39 is 0 Å². The fraction of sp³-hybridized carbons (Fsp3) is 0.700. The molecule has 0 radical (unpaired) electrons. The molecular weight excluding hydrogens is 150 g/mol. The van der Waals surface area contributed by atoms with Crippen LogP contribution >= 0.6 is 0 Å². The number of aryl methyl sites for hydroxylation is 1. The number of hydrogen-bond donors (Lipinski definition) is 0. The smallest absolute Gasteiger partial charge is 0.145 e. The SMILES string of the molecule is CCc1cnoc1C(C)(C)CC. The minimum atomic E-state index is 0.127. The zero-order valence-electron chi connectivity index (χ0n) is 8.35. The van der Waals surface area contributed by atoms with Crippen molar-refractivity contribution in [1.82, 2.24) is 5.16 Å². The zero-order valence-corrected chi connectivity index (χ0v) is 8.35. The molecule has 12 heavy (non-hydrogen) atoms. The normalized spacial score (nSPS) is 12.0. The van der Waals surface area contributed by atoms with Crippen molar-refractivity contribution in [3.8, 4) is 0 Å². The topological polar surface area (TPSA) is 26.0 Å². The molecule has 0 amide bonds. The molecule has 0 aliphatic carbocycles. The van der Waals surface area contributed by atoms with Gasteiger partial charge in [-0.1, -0.05) is 32.9 Å². The predicted octanol–water partition coefficient (Wildman–Crippen LogP) is 2.92. The summed E-state index contributed by atoms with van der Waals surface area (Å²) >= 11 is 0. The minimum Gasteiger partial charge on any atom is -0.361 e. The van der Waals surface area contributed by atoms with Crippen molar-refractivity contribution in [2.75, 3.05) is 0 Å². The summed E-state index contributed by atoms with van der Waals surface area (Å²) in [5, 5.41) is 3.83. The lowest BCUT2D eigenvalue weighted by molar-refractivity contribution is 0.308. The second-order valence-corrected chi connectivity index (χ2v) is 3.77. The van der Waals surface area contributed by atoms with Gasteiger partial charge in [0.15, 0.2) is 0 Å². The van der Waals surface area contributed by atoms with E-state index in [9.17, 15) is 0 Å². The first-order valence-electron chi connectivity index (χ1n) is 4.55. The highest BCUT2D eigenvalue weighted by molar-refractivity contribution is 5.20. The quantitative estimate of drug-likeness (QED) is 0.691. The number of nitrogens with zero attached hydrogens (tertiary/aromatic N) is 1. The molecule has 1 aromatic rings. The summed E-state index contributed by atoms with van der Waals surface area (Å²) < 4.78 is 5.26. The van der Waals surface area contributed by atoms with Gasteiger partial charge in [-0.2, -0.15) is 0 Å².